The van der Waals surface area contributed by atoms with Gasteiger partial charge < -0.3 is 10.2 Å². The molecule has 1 atom stereocenters. The van der Waals surface area contributed by atoms with Gasteiger partial charge in [-0.3, -0.25) is 9.78 Å². The Hall–Kier alpha value is -1.42. The molecule has 1 aliphatic rings. The molecule has 1 aromatic heterocycles. The molecule has 0 saturated carbocycles. The molecule has 1 N–H and O–H groups in total. The van der Waals surface area contributed by atoms with Crippen molar-refractivity contribution < 1.29 is 4.79 Å². The topological polar surface area (TPSA) is 45.2 Å². The highest BCUT2D eigenvalue weighted by atomic mass is 16.2. The summed E-state index contributed by atoms with van der Waals surface area (Å²) in [5.74, 6) is 0.696. The fourth-order valence-corrected chi connectivity index (χ4v) is 2.61. The lowest BCUT2D eigenvalue weighted by Crippen LogP contribution is -2.41. The molecule has 1 saturated heterocycles. The van der Waals surface area contributed by atoms with E-state index in [-0.39, 0.29) is 5.91 Å². The summed E-state index contributed by atoms with van der Waals surface area (Å²) in [5.41, 5.74) is 0.694. The summed E-state index contributed by atoms with van der Waals surface area (Å²) >= 11 is 0. The van der Waals surface area contributed by atoms with Crippen molar-refractivity contribution in [2.24, 2.45) is 5.92 Å². The van der Waals surface area contributed by atoms with Crippen LogP contribution in [0.1, 0.15) is 36.5 Å². The molecule has 1 aromatic rings. The summed E-state index contributed by atoms with van der Waals surface area (Å²) in [5, 5.41) is 3.41. The van der Waals surface area contributed by atoms with E-state index >= 15 is 0 Å². The summed E-state index contributed by atoms with van der Waals surface area (Å²) in [4.78, 5) is 18.5. The second kappa shape index (κ2) is 7.24. The number of piperidine rings is 1. The lowest BCUT2D eigenvalue weighted by atomic mass is 9.98. The number of carbonyl (C=O) groups is 1. The van der Waals surface area contributed by atoms with Crippen LogP contribution in [0.25, 0.3) is 0 Å². The molecule has 1 unspecified atom stereocenters. The highest BCUT2D eigenvalue weighted by molar-refractivity contribution is 5.93. The summed E-state index contributed by atoms with van der Waals surface area (Å²) in [6, 6.07) is 3.66. The number of amides is 1. The third-order valence-electron chi connectivity index (χ3n) is 3.57. The van der Waals surface area contributed by atoms with Gasteiger partial charge in [-0.1, -0.05) is 6.92 Å². The maximum Gasteiger partial charge on any atom is 0.255 e. The normalized spacial score (nSPS) is 19.1. The van der Waals surface area contributed by atoms with Crippen LogP contribution in [-0.2, 0) is 0 Å². The molecule has 0 aliphatic carbocycles. The molecule has 4 heteroatoms. The molecule has 2 heterocycles. The van der Waals surface area contributed by atoms with Crippen LogP contribution in [0.15, 0.2) is 24.5 Å². The average Bonchev–Trinajstić information content (AvgIpc) is 2.48. The number of hydrogen-bond acceptors (Lipinski definition) is 3. The van der Waals surface area contributed by atoms with Crippen LogP contribution in [0.4, 0.5) is 0 Å². The first kappa shape index (κ1) is 14.0. The van der Waals surface area contributed by atoms with Crippen molar-refractivity contribution >= 4 is 5.91 Å². The zero-order chi connectivity index (χ0) is 13.5. The lowest BCUT2D eigenvalue weighted by Gasteiger charge is -2.30. The lowest BCUT2D eigenvalue weighted by molar-refractivity contribution is 0.0718. The van der Waals surface area contributed by atoms with Crippen molar-refractivity contribution in [1.82, 2.24) is 15.2 Å². The monoisotopic (exact) mass is 261 g/mol. The number of pyridine rings is 1. The Bertz CT molecular complexity index is 388. The molecule has 0 radical (unpaired) electrons. The number of hydrogen-bond donors (Lipinski definition) is 1. The molecule has 104 valence electrons. The number of nitrogens with one attached hydrogen (secondary N) is 1. The third-order valence-corrected chi connectivity index (χ3v) is 3.57. The second-order valence-electron chi connectivity index (χ2n) is 5.21. The van der Waals surface area contributed by atoms with E-state index in [1.807, 2.05) is 17.0 Å². The largest absolute Gasteiger partial charge is 0.338 e. The number of carbonyl (C=O) groups excluding carboxylic acids is 1. The zero-order valence-corrected chi connectivity index (χ0v) is 11.6. The minimum Gasteiger partial charge on any atom is -0.338 e. The molecule has 19 heavy (non-hydrogen) atoms. The van der Waals surface area contributed by atoms with Gasteiger partial charge in [0.1, 0.15) is 0 Å². The van der Waals surface area contributed by atoms with E-state index in [4.69, 9.17) is 0 Å². The van der Waals surface area contributed by atoms with E-state index in [9.17, 15) is 4.79 Å². The SMILES string of the molecule is CCCN(CC1CCCNC1)C(=O)c1cccnc1. The highest BCUT2D eigenvalue weighted by Gasteiger charge is 2.21. The number of aromatic nitrogens is 1. The molecule has 2 rings (SSSR count). The Kier molecular flexibility index (Phi) is 5.33. The van der Waals surface area contributed by atoms with Crippen molar-refractivity contribution in [1.29, 1.82) is 0 Å². The predicted octanol–water partition coefficient (Wildman–Crippen LogP) is 1.93. The van der Waals surface area contributed by atoms with Gasteiger partial charge in [0.15, 0.2) is 0 Å². The minimum absolute atomic E-state index is 0.112. The number of rotatable bonds is 5. The summed E-state index contributed by atoms with van der Waals surface area (Å²) in [7, 11) is 0. The van der Waals surface area contributed by atoms with Crippen molar-refractivity contribution in [2.75, 3.05) is 26.2 Å². The van der Waals surface area contributed by atoms with E-state index in [0.29, 0.717) is 11.5 Å². The molecule has 4 nitrogen and oxygen atoms in total. The van der Waals surface area contributed by atoms with Gasteiger partial charge in [-0.15, -0.1) is 0 Å². The van der Waals surface area contributed by atoms with Crippen molar-refractivity contribution in [2.45, 2.75) is 26.2 Å². The van der Waals surface area contributed by atoms with Gasteiger partial charge in [-0.25, -0.2) is 0 Å². The molecule has 0 aromatic carbocycles. The van der Waals surface area contributed by atoms with Gasteiger partial charge in [0.25, 0.3) is 5.91 Å². The van der Waals surface area contributed by atoms with Crippen LogP contribution < -0.4 is 5.32 Å². The second-order valence-corrected chi connectivity index (χ2v) is 5.21. The zero-order valence-electron chi connectivity index (χ0n) is 11.6. The van der Waals surface area contributed by atoms with Gasteiger partial charge in [0, 0.05) is 25.5 Å². The molecule has 1 amide bonds. The van der Waals surface area contributed by atoms with E-state index in [1.54, 1.807) is 12.4 Å². The van der Waals surface area contributed by atoms with Gasteiger partial charge in [0.2, 0.25) is 0 Å². The fourth-order valence-electron chi connectivity index (χ4n) is 2.61. The van der Waals surface area contributed by atoms with Crippen LogP contribution in [0.3, 0.4) is 0 Å². The Morgan fingerprint density at radius 2 is 2.47 bits per heavy atom. The Labute approximate surface area is 115 Å². The molecule has 0 spiro atoms. The maximum atomic E-state index is 12.5. The van der Waals surface area contributed by atoms with Crippen molar-refractivity contribution in [3.63, 3.8) is 0 Å². The minimum atomic E-state index is 0.112. The third kappa shape index (κ3) is 4.03. The Morgan fingerprint density at radius 3 is 3.11 bits per heavy atom. The van der Waals surface area contributed by atoms with E-state index in [1.165, 1.54) is 12.8 Å². The van der Waals surface area contributed by atoms with Crippen molar-refractivity contribution in [3.8, 4) is 0 Å². The van der Waals surface area contributed by atoms with E-state index in [2.05, 4.69) is 17.2 Å². The van der Waals surface area contributed by atoms with Crippen LogP contribution in [-0.4, -0.2) is 42.0 Å². The average molecular weight is 261 g/mol. The first-order chi connectivity index (χ1) is 9.31. The first-order valence-corrected chi connectivity index (χ1v) is 7.21. The smallest absolute Gasteiger partial charge is 0.255 e. The quantitative estimate of drug-likeness (QED) is 0.881. The maximum absolute atomic E-state index is 12.5. The number of nitrogens with zero attached hydrogens (tertiary/aromatic N) is 2. The van der Waals surface area contributed by atoms with Gasteiger partial charge in [0.05, 0.1) is 5.56 Å². The standard InChI is InChI=1S/C15H23N3O/c1-2-9-18(12-13-5-3-7-16-10-13)15(19)14-6-4-8-17-11-14/h4,6,8,11,13,16H,2-3,5,7,9-10,12H2,1H3. The van der Waals surface area contributed by atoms with Crippen LogP contribution >= 0.6 is 0 Å². The van der Waals surface area contributed by atoms with Gasteiger partial charge >= 0.3 is 0 Å². The first-order valence-electron chi connectivity index (χ1n) is 7.21. The van der Waals surface area contributed by atoms with Crippen LogP contribution in [0.5, 0.6) is 0 Å². The van der Waals surface area contributed by atoms with E-state index in [0.717, 1.165) is 32.6 Å². The molecular weight excluding hydrogens is 238 g/mol. The Balaban J connectivity index is 2.00. The Morgan fingerprint density at radius 1 is 1.58 bits per heavy atom. The van der Waals surface area contributed by atoms with Gasteiger partial charge in [-0.2, -0.15) is 0 Å². The fraction of sp³-hybridized carbons (Fsp3) is 0.600. The van der Waals surface area contributed by atoms with Crippen molar-refractivity contribution in [3.05, 3.63) is 30.1 Å². The molecule has 1 aliphatic heterocycles. The predicted molar refractivity (Wildman–Crippen MR) is 76.0 cm³/mol. The van der Waals surface area contributed by atoms with Crippen LogP contribution in [0.2, 0.25) is 0 Å². The molecule has 1 fully saturated rings. The molecule has 0 bridgehead atoms. The molecular formula is C15H23N3O. The van der Waals surface area contributed by atoms with E-state index < -0.39 is 0 Å². The summed E-state index contributed by atoms with van der Waals surface area (Å²) in [6.07, 6.45) is 6.78. The highest BCUT2D eigenvalue weighted by Crippen LogP contribution is 2.14. The summed E-state index contributed by atoms with van der Waals surface area (Å²) in [6.45, 7) is 5.93. The van der Waals surface area contributed by atoms with Gasteiger partial charge in [-0.05, 0) is 50.4 Å². The summed E-state index contributed by atoms with van der Waals surface area (Å²) < 4.78 is 0. The van der Waals surface area contributed by atoms with Crippen LogP contribution in [0, 0.1) is 5.92 Å².